The van der Waals surface area contributed by atoms with E-state index >= 15 is 0 Å². The molecule has 1 aliphatic heterocycles. The maximum Gasteiger partial charge on any atom is 0.264 e. The third-order valence-electron chi connectivity index (χ3n) is 6.23. The minimum absolute atomic E-state index is 0.0460. The molecule has 1 unspecified atom stereocenters. The topological polar surface area (TPSA) is 95.7 Å². The van der Waals surface area contributed by atoms with Crippen LogP contribution in [0.2, 0.25) is 0 Å². The second-order valence-electron chi connectivity index (χ2n) is 8.66. The van der Waals surface area contributed by atoms with E-state index in [2.05, 4.69) is 21.2 Å². The molecule has 3 amide bonds. The maximum absolute atomic E-state index is 13.8. The molecule has 1 atom stereocenters. The Kier molecular flexibility index (Phi) is 7.27. The highest BCUT2D eigenvalue weighted by molar-refractivity contribution is 9.10. The van der Waals surface area contributed by atoms with Crippen LogP contribution in [0.5, 0.6) is 0 Å². The third kappa shape index (κ3) is 5.28. The van der Waals surface area contributed by atoms with Crippen LogP contribution in [0.25, 0.3) is 0 Å². The molecule has 7 nitrogen and oxygen atoms in total. The van der Waals surface area contributed by atoms with Crippen LogP contribution in [0.3, 0.4) is 0 Å². The second-order valence-corrected chi connectivity index (χ2v) is 9.58. The Morgan fingerprint density at radius 3 is 2.06 bits per heavy atom. The predicted molar refractivity (Wildman–Crippen MR) is 125 cm³/mol. The van der Waals surface area contributed by atoms with Gasteiger partial charge in [0.2, 0.25) is 0 Å². The van der Waals surface area contributed by atoms with Crippen molar-refractivity contribution in [2.75, 3.05) is 13.1 Å². The zero-order valence-electron chi connectivity index (χ0n) is 18.3. The minimum atomic E-state index is -1.25. The van der Waals surface area contributed by atoms with Crippen LogP contribution >= 0.6 is 15.9 Å². The smallest absolute Gasteiger partial charge is 0.264 e. The Balaban J connectivity index is 1.62. The number of amides is 3. The van der Waals surface area contributed by atoms with E-state index in [0.29, 0.717) is 28.9 Å². The van der Waals surface area contributed by atoms with Gasteiger partial charge in [0.1, 0.15) is 11.6 Å². The molecule has 0 bridgehead atoms. The zero-order valence-corrected chi connectivity index (χ0v) is 19.9. The molecule has 2 aromatic rings. The van der Waals surface area contributed by atoms with E-state index in [9.17, 15) is 23.2 Å². The van der Waals surface area contributed by atoms with Gasteiger partial charge in [-0.1, -0.05) is 22.0 Å². The number of nitrogens with two attached hydrogens (primary N) is 1. The highest BCUT2D eigenvalue weighted by Crippen LogP contribution is 2.24. The van der Waals surface area contributed by atoms with Crippen LogP contribution in [-0.2, 0) is 4.79 Å². The summed E-state index contributed by atoms with van der Waals surface area (Å²) in [7, 11) is 0. The SMILES string of the molecule is NC1CCC(NC(=O)C2N(C(=O)c3cc(F)cc(F)c3)CCN2C(=O)c2cccc(Br)c2)CC1. The molecule has 1 aliphatic carbocycles. The Hall–Kier alpha value is -2.85. The van der Waals surface area contributed by atoms with Crippen LogP contribution in [0.15, 0.2) is 46.9 Å². The first-order valence-electron chi connectivity index (χ1n) is 11.1. The van der Waals surface area contributed by atoms with E-state index < -0.39 is 35.5 Å². The largest absolute Gasteiger partial charge is 0.350 e. The molecule has 3 N–H and O–H groups in total. The third-order valence-corrected chi connectivity index (χ3v) is 6.72. The first-order valence-corrected chi connectivity index (χ1v) is 11.9. The molecule has 0 radical (unpaired) electrons. The van der Waals surface area contributed by atoms with Crippen molar-refractivity contribution in [3.8, 4) is 0 Å². The molecule has 4 rings (SSSR count). The van der Waals surface area contributed by atoms with Crippen molar-refractivity contribution < 1.29 is 23.2 Å². The highest BCUT2D eigenvalue weighted by Gasteiger charge is 2.44. The fourth-order valence-electron chi connectivity index (χ4n) is 4.51. The van der Waals surface area contributed by atoms with Crippen molar-refractivity contribution in [1.82, 2.24) is 15.1 Å². The van der Waals surface area contributed by atoms with Crippen LogP contribution < -0.4 is 11.1 Å². The second kappa shape index (κ2) is 10.2. The number of hydrogen-bond donors (Lipinski definition) is 2. The van der Waals surface area contributed by atoms with Gasteiger partial charge in [-0.05, 0) is 56.0 Å². The summed E-state index contributed by atoms with van der Waals surface area (Å²) in [6.45, 7) is 0.146. The van der Waals surface area contributed by atoms with Gasteiger partial charge < -0.3 is 20.9 Å². The molecule has 0 spiro atoms. The lowest BCUT2D eigenvalue weighted by atomic mass is 9.92. The summed E-state index contributed by atoms with van der Waals surface area (Å²) in [5.41, 5.74) is 6.08. The number of hydrogen-bond acceptors (Lipinski definition) is 4. The Bertz CT molecular complexity index is 1090. The molecular formula is C24H25BrF2N4O3. The summed E-state index contributed by atoms with van der Waals surface area (Å²) in [6.07, 6.45) is 1.67. The predicted octanol–water partition coefficient (Wildman–Crippen LogP) is 3.04. The summed E-state index contributed by atoms with van der Waals surface area (Å²) >= 11 is 3.34. The number of nitrogens with zero attached hydrogens (tertiary/aromatic N) is 2. The number of carbonyl (C=O) groups is 3. The highest BCUT2D eigenvalue weighted by atomic mass is 79.9. The minimum Gasteiger partial charge on any atom is -0.350 e. The van der Waals surface area contributed by atoms with Gasteiger partial charge >= 0.3 is 0 Å². The Morgan fingerprint density at radius 1 is 0.882 bits per heavy atom. The molecule has 34 heavy (non-hydrogen) atoms. The molecule has 1 saturated carbocycles. The average Bonchev–Trinajstić information content (AvgIpc) is 3.24. The van der Waals surface area contributed by atoms with Gasteiger partial charge in [0.25, 0.3) is 17.7 Å². The van der Waals surface area contributed by atoms with E-state index in [1.165, 1.54) is 9.80 Å². The average molecular weight is 535 g/mol. The van der Waals surface area contributed by atoms with Crippen LogP contribution in [-0.4, -0.2) is 58.9 Å². The fraction of sp³-hybridized carbons (Fsp3) is 0.375. The summed E-state index contributed by atoms with van der Waals surface area (Å²) in [6, 6.07) is 9.20. The van der Waals surface area contributed by atoms with Gasteiger partial charge in [-0.3, -0.25) is 14.4 Å². The maximum atomic E-state index is 13.8. The molecule has 2 aliphatic rings. The molecule has 2 fully saturated rings. The Morgan fingerprint density at radius 2 is 1.47 bits per heavy atom. The number of benzene rings is 2. The van der Waals surface area contributed by atoms with E-state index in [1.807, 2.05) is 0 Å². The zero-order chi connectivity index (χ0) is 24.4. The van der Waals surface area contributed by atoms with E-state index in [0.717, 1.165) is 25.0 Å². The summed E-state index contributed by atoms with van der Waals surface area (Å²) in [4.78, 5) is 42.4. The molecular weight excluding hydrogens is 510 g/mol. The van der Waals surface area contributed by atoms with Gasteiger partial charge in [-0.25, -0.2) is 8.78 Å². The monoisotopic (exact) mass is 534 g/mol. The summed E-state index contributed by atoms with van der Waals surface area (Å²) in [5, 5.41) is 2.95. The molecule has 1 heterocycles. The molecule has 1 saturated heterocycles. The first kappa shape index (κ1) is 24.3. The van der Waals surface area contributed by atoms with Crippen molar-refractivity contribution in [2.45, 2.75) is 43.9 Å². The number of rotatable bonds is 4. The van der Waals surface area contributed by atoms with Gasteiger partial charge in [-0.15, -0.1) is 0 Å². The van der Waals surface area contributed by atoms with Gasteiger partial charge in [0.15, 0.2) is 6.17 Å². The van der Waals surface area contributed by atoms with Crippen LogP contribution in [0, 0.1) is 11.6 Å². The van der Waals surface area contributed by atoms with Crippen molar-refractivity contribution in [3.05, 3.63) is 69.7 Å². The molecule has 0 aromatic heterocycles. The van der Waals surface area contributed by atoms with Crippen molar-refractivity contribution >= 4 is 33.7 Å². The van der Waals surface area contributed by atoms with E-state index in [4.69, 9.17) is 5.73 Å². The molecule has 2 aromatic carbocycles. The van der Waals surface area contributed by atoms with Crippen molar-refractivity contribution in [3.63, 3.8) is 0 Å². The van der Waals surface area contributed by atoms with Gasteiger partial charge in [0.05, 0.1) is 0 Å². The van der Waals surface area contributed by atoms with Crippen molar-refractivity contribution in [1.29, 1.82) is 0 Å². The van der Waals surface area contributed by atoms with Crippen LogP contribution in [0.1, 0.15) is 46.4 Å². The molecule has 10 heteroatoms. The standard InChI is InChI=1S/C24H25BrF2N4O3/c25-16-3-1-2-14(10-16)23(33)30-8-9-31(24(34)15-11-17(26)13-18(27)12-15)22(30)21(32)29-20-6-4-19(28)5-7-20/h1-3,10-13,19-20,22H,4-9,28H2,(H,29,32). The Labute approximate surface area is 204 Å². The van der Waals surface area contributed by atoms with Crippen molar-refractivity contribution in [2.24, 2.45) is 5.73 Å². The number of nitrogens with one attached hydrogen (secondary N) is 1. The fourth-order valence-corrected chi connectivity index (χ4v) is 4.91. The number of halogens is 3. The normalized spacial score (nSPS) is 22.5. The number of carbonyl (C=O) groups excluding carboxylic acids is 3. The van der Waals surface area contributed by atoms with Gasteiger partial charge in [-0.2, -0.15) is 0 Å². The van der Waals surface area contributed by atoms with E-state index in [-0.39, 0.29) is 30.7 Å². The summed E-state index contributed by atoms with van der Waals surface area (Å²) in [5.74, 6) is -3.46. The van der Waals surface area contributed by atoms with E-state index in [1.54, 1.807) is 24.3 Å². The van der Waals surface area contributed by atoms with Gasteiger partial charge in [0, 0.05) is 46.8 Å². The lowest BCUT2D eigenvalue weighted by Crippen LogP contribution is -2.56. The summed E-state index contributed by atoms with van der Waals surface area (Å²) < 4.78 is 28.2. The lowest BCUT2D eigenvalue weighted by molar-refractivity contribution is -0.129. The molecule has 180 valence electrons. The van der Waals surface area contributed by atoms with Crippen LogP contribution in [0.4, 0.5) is 8.78 Å². The lowest BCUT2D eigenvalue weighted by Gasteiger charge is -2.33. The first-order chi connectivity index (χ1) is 16.2. The quantitative estimate of drug-likeness (QED) is 0.630.